The molecule has 5 nitrogen and oxygen atoms in total. The summed E-state index contributed by atoms with van der Waals surface area (Å²) in [6, 6.07) is 1.84. The van der Waals surface area contributed by atoms with Crippen molar-refractivity contribution in [3.8, 4) is 6.07 Å². The van der Waals surface area contributed by atoms with Gasteiger partial charge in [0.1, 0.15) is 6.61 Å². The van der Waals surface area contributed by atoms with Crippen molar-refractivity contribution < 1.29 is 19.1 Å². The first kappa shape index (κ1) is 12.4. The minimum atomic E-state index is -0.505. The molecule has 0 aromatic rings. The van der Waals surface area contributed by atoms with Crippen LogP contribution in [0.15, 0.2) is 0 Å². The number of nitrogens with zero attached hydrogens (tertiary/aromatic N) is 1. The van der Waals surface area contributed by atoms with E-state index in [4.69, 9.17) is 5.26 Å². The number of nitriles is 1. The van der Waals surface area contributed by atoms with E-state index >= 15 is 0 Å². The third-order valence-corrected chi connectivity index (χ3v) is 1.55. The van der Waals surface area contributed by atoms with Gasteiger partial charge in [-0.1, -0.05) is 6.92 Å². The first-order chi connectivity index (χ1) is 6.61. The molecule has 0 bridgehead atoms. The monoisotopic (exact) mass is 199 g/mol. The number of carbonyl (C=O) groups is 2. The standard InChI is InChI=1S/C9H13NO4/c1-7(9(12)13-2)6-8(11)14-5-3-4-10/h7H,3,5-6H2,1-2H3. The first-order valence-corrected chi connectivity index (χ1v) is 4.22. The van der Waals surface area contributed by atoms with E-state index < -0.39 is 17.9 Å². The highest BCUT2D eigenvalue weighted by Crippen LogP contribution is 2.05. The zero-order valence-electron chi connectivity index (χ0n) is 8.28. The van der Waals surface area contributed by atoms with Crippen LogP contribution in [0.2, 0.25) is 0 Å². The van der Waals surface area contributed by atoms with Crippen LogP contribution in [0.1, 0.15) is 19.8 Å². The van der Waals surface area contributed by atoms with E-state index in [1.54, 1.807) is 6.92 Å². The molecule has 0 amide bonds. The summed E-state index contributed by atoms with van der Waals surface area (Å²) in [5.41, 5.74) is 0. The van der Waals surface area contributed by atoms with Crippen molar-refractivity contribution in [1.82, 2.24) is 0 Å². The number of methoxy groups -OCH3 is 1. The van der Waals surface area contributed by atoms with E-state index in [0.29, 0.717) is 0 Å². The summed E-state index contributed by atoms with van der Waals surface area (Å²) < 4.78 is 9.12. The summed E-state index contributed by atoms with van der Waals surface area (Å²) in [5.74, 6) is -1.44. The molecule has 14 heavy (non-hydrogen) atoms. The Labute approximate surface area is 82.6 Å². The molecular weight excluding hydrogens is 186 g/mol. The van der Waals surface area contributed by atoms with Crippen LogP contribution >= 0.6 is 0 Å². The van der Waals surface area contributed by atoms with E-state index in [0.717, 1.165) is 0 Å². The molecule has 0 aromatic heterocycles. The van der Waals surface area contributed by atoms with Gasteiger partial charge in [-0.3, -0.25) is 9.59 Å². The fourth-order valence-corrected chi connectivity index (χ4v) is 0.804. The number of carbonyl (C=O) groups excluding carboxylic acids is 2. The van der Waals surface area contributed by atoms with Gasteiger partial charge < -0.3 is 9.47 Å². The molecule has 1 unspecified atom stereocenters. The Morgan fingerprint density at radius 2 is 2.14 bits per heavy atom. The molecule has 0 heterocycles. The number of ether oxygens (including phenoxy) is 2. The van der Waals surface area contributed by atoms with Crippen LogP contribution in [0.4, 0.5) is 0 Å². The van der Waals surface area contributed by atoms with Crippen LogP contribution in [-0.4, -0.2) is 25.7 Å². The summed E-state index contributed by atoms with van der Waals surface area (Å²) in [7, 11) is 1.26. The highest BCUT2D eigenvalue weighted by molar-refractivity contribution is 5.79. The molecule has 0 rings (SSSR count). The van der Waals surface area contributed by atoms with Crippen molar-refractivity contribution in [1.29, 1.82) is 5.26 Å². The Balaban J connectivity index is 3.72. The van der Waals surface area contributed by atoms with Gasteiger partial charge in [0.05, 0.1) is 31.9 Å². The lowest BCUT2D eigenvalue weighted by atomic mass is 10.1. The molecule has 0 aliphatic carbocycles. The van der Waals surface area contributed by atoms with E-state index in [1.165, 1.54) is 7.11 Å². The third-order valence-electron chi connectivity index (χ3n) is 1.55. The molecule has 0 N–H and O–H groups in total. The van der Waals surface area contributed by atoms with Crippen LogP contribution in [0.25, 0.3) is 0 Å². The van der Waals surface area contributed by atoms with Crippen molar-refractivity contribution in [2.45, 2.75) is 19.8 Å². The Bertz CT molecular complexity index is 244. The molecule has 0 fully saturated rings. The van der Waals surface area contributed by atoms with Gasteiger partial charge in [-0.2, -0.15) is 5.26 Å². The second kappa shape index (κ2) is 6.89. The fourth-order valence-electron chi connectivity index (χ4n) is 0.804. The number of rotatable bonds is 5. The highest BCUT2D eigenvalue weighted by atomic mass is 16.5. The average Bonchev–Trinajstić information content (AvgIpc) is 2.16. The largest absolute Gasteiger partial charge is 0.469 e. The third kappa shape index (κ3) is 5.14. The molecule has 1 atom stereocenters. The number of esters is 2. The van der Waals surface area contributed by atoms with E-state index in [1.807, 2.05) is 6.07 Å². The molecular formula is C9H13NO4. The maximum absolute atomic E-state index is 11.0. The van der Waals surface area contributed by atoms with Gasteiger partial charge in [0.25, 0.3) is 0 Å². The predicted molar refractivity (Wildman–Crippen MR) is 47.0 cm³/mol. The van der Waals surface area contributed by atoms with Gasteiger partial charge in [0.15, 0.2) is 0 Å². The Hall–Kier alpha value is -1.57. The van der Waals surface area contributed by atoms with Gasteiger partial charge in [0, 0.05) is 0 Å². The summed E-state index contributed by atoms with van der Waals surface area (Å²) in [6.45, 7) is 1.65. The first-order valence-electron chi connectivity index (χ1n) is 4.22. The van der Waals surface area contributed by atoms with Crippen molar-refractivity contribution in [3.63, 3.8) is 0 Å². The topological polar surface area (TPSA) is 76.4 Å². The normalized spacial score (nSPS) is 11.2. The van der Waals surface area contributed by atoms with Crippen molar-refractivity contribution >= 4 is 11.9 Å². The molecule has 0 saturated heterocycles. The molecule has 0 saturated carbocycles. The summed E-state index contributed by atoms with van der Waals surface area (Å²) in [5, 5.41) is 8.17. The molecule has 0 radical (unpaired) electrons. The molecule has 78 valence electrons. The second-order valence-electron chi connectivity index (χ2n) is 2.76. The zero-order valence-corrected chi connectivity index (χ0v) is 8.28. The van der Waals surface area contributed by atoms with Crippen molar-refractivity contribution in [2.24, 2.45) is 5.92 Å². The van der Waals surface area contributed by atoms with E-state index in [-0.39, 0.29) is 19.4 Å². The summed E-state index contributed by atoms with van der Waals surface area (Å²) >= 11 is 0. The van der Waals surface area contributed by atoms with E-state index in [9.17, 15) is 9.59 Å². The maximum atomic E-state index is 11.0. The van der Waals surface area contributed by atoms with Crippen molar-refractivity contribution in [2.75, 3.05) is 13.7 Å². The van der Waals surface area contributed by atoms with E-state index in [2.05, 4.69) is 9.47 Å². The quantitative estimate of drug-likeness (QED) is 0.479. The van der Waals surface area contributed by atoms with Gasteiger partial charge in [-0.25, -0.2) is 0 Å². The van der Waals surface area contributed by atoms with Gasteiger partial charge in [-0.15, -0.1) is 0 Å². The van der Waals surface area contributed by atoms with Gasteiger partial charge >= 0.3 is 11.9 Å². The lowest BCUT2D eigenvalue weighted by Gasteiger charge is -2.07. The van der Waals surface area contributed by atoms with Crippen LogP contribution in [0.5, 0.6) is 0 Å². The fraction of sp³-hybridized carbons (Fsp3) is 0.667. The van der Waals surface area contributed by atoms with Gasteiger partial charge in [-0.05, 0) is 0 Å². The molecule has 5 heteroatoms. The average molecular weight is 199 g/mol. The van der Waals surface area contributed by atoms with Gasteiger partial charge in [0.2, 0.25) is 0 Å². The summed E-state index contributed by atoms with van der Waals surface area (Å²) in [6.07, 6.45) is 0.149. The Kier molecular flexibility index (Phi) is 6.12. The van der Waals surface area contributed by atoms with Crippen LogP contribution < -0.4 is 0 Å². The highest BCUT2D eigenvalue weighted by Gasteiger charge is 2.17. The molecule has 0 aliphatic rings. The number of hydrogen-bond donors (Lipinski definition) is 0. The van der Waals surface area contributed by atoms with Crippen molar-refractivity contribution in [3.05, 3.63) is 0 Å². The minimum Gasteiger partial charge on any atom is -0.469 e. The van der Waals surface area contributed by atoms with Crippen LogP contribution in [0, 0.1) is 17.2 Å². The Morgan fingerprint density at radius 1 is 1.50 bits per heavy atom. The lowest BCUT2D eigenvalue weighted by Crippen LogP contribution is -2.18. The number of hydrogen-bond acceptors (Lipinski definition) is 5. The Morgan fingerprint density at radius 3 is 2.64 bits per heavy atom. The molecule has 0 aliphatic heterocycles. The predicted octanol–water partition coefficient (Wildman–Crippen LogP) is 0.642. The zero-order chi connectivity index (χ0) is 11.0. The smallest absolute Gasteiger partial charge is 0.308 e. The lowest BCUT2D eigenvalue weighted by molar-refractivity contribution is -0.152. The maximum Gasteiger partial charge on any atom is 0.308 e. The molecule has 0 aromatic carbocycles. The second-order valence-corrected chi connectivity index (χ2v) is 2.76. The molecule has 0 spiro atoms. The SMILES string of the molecule is COC(=O)C(C)CC(=O)OCCC#N. The van der Waals surface area contributed by atoms with Crippen LogP contribution in [0.3, 0.4) is 0 Å². The van der Waals surface area contributed by atoms with Crippen LogP contribution in [-0.2, 0) is 19.1 Å². The summed E-state index contributed by atoms with van der Waals surface area (Å²) in [4.78, 5) is 21.9. The minimum absolute atomic E-state index is 0.0158.